The highest BCUT2D eigenvalue weighted by Crippen LogP contribution is 2.37. The summed E-state index contributed by atoms with van der Waals surface area (Å²) in [6, 6.07) is 10.1. The number of piperazine rings is 1. The Bertz CT molecular complexity index is 1330. The van der Waals surface area contributed by atoms with E-state index >= 15 is 0 Å². The van der Waals surface area contributed by atoms with E-state index < -0.39 is 10.0 Å². The van der Waals surface area contributed by atoms with E-state index in [0.29, 0.717) is 25.2 Å². The summed E-state index contributed by atoms with van der Waals surface area (Å²) in [4.78, 5) is 16.5. The lowest BCUT2D eigenvalue weighted by molar-refractivity contribution is 0.0925. The van der Waals surface area contributed by atoms with E-state index in [2.05, 4.69) is 26.1 Å². The zero-order chi connectivity index (χ0) is 25.3. The molecule has 4 rings (SSSR count). The van der Waals surface area contributed by atoms with Crippen LogP contribution in [-0.4, -0.2) is 76.9 Å². The lowest BCUT2D eigenvalue weighted by Gasteiger charge is -2.36. The number of hydrogen-bond acceptors (Lipinski definition) is 6. The van der Waals surface area contributed by atoms with Gasteiger partial charge in [0.05, 0.1) is 20.2 Å². The first-order chi connectivity index (χ1) is 16.6. The van der Waals surface area contributed by atoms with Crippen LogP contribution in [0.15, 0.2) is 50.2 Å². The predicted molar refractivity (Wildman–Crippen MR) is 142 cm³/mol. The van der Waals surface area contributed by atoms with Gasteiger partial charge in [0.15, 0.2) is 5.76 Å². The molecule has 188 valence electrons. The van der Waals surface area contributed by atoms with Crippen LogP contribution in [-0.2, 0) is 10.0 Å². The van der Waals surface area contributed by atoms with E-state index in [1.807, 2.05) is 31.1 Å². The number of benzene rings is 2. The summed E-state index contributed by atoms with van der Waals surface area (Å²) in [5, 5.41) is 3.84. The maximum atomic E-state index is 13.2. The first-order valence-electron chi connectivity index (χ1n) is 10.9. The molecule has 8 nitrogen and oxygen atoms in total. The van der Waals surface area contributed by atoms with E-state index in [9.17, 15) is 13.2 Å². The van der Waals surface area contributed by atoms with Crippen molar-refractivity contribution in [3.05, 3.63) is 56.7 Å². The highest BCUT2D eigenvalue weighted by molar-refractivity contribution is 9.10. The Morgan fingerprint density at radius 2 is 1.77 bits per heavy atom. The Labute approximate surface area is 222 Å². The van der Waals surface area contributed by atoms with Crippen molar-refractivity contribution < 1.29 is 17.6 Å². The van der Waals surface area contributed by atoms with Crippen LogP contribution in [0, 0.1) is 0 Å². The number of furan rings is 1. The maximum Gasteiger partial charge on any atom is 0.287 e. The Balaban J connectivity index is 1.49. The number of carbonyl (C=O) groups is 1. The molecular formula is C23H25BrCl2N4O4S. The third kappa shape index (κ3) is 5.47. The third-order valence-electron chi connectivity index (χ3n) is 5.78. The molecule has 2 heterocycles. The predicted octanol–water partition coefficient (Wildman–Crippen LogP) is 4.30. The molecule has 1 aromatic heterocycles. The van der Waals surface area contributed by atoms with Gasteiger partial charge in [-0.2, -0.15) is 4.31 Å². The van der Waals surface area contributed by atoms with Crippen LogP contribution >= 0.6 is 39.1 Å². The SMILES string of the molecule is CN(C)CCNC(=O)c1cc2c(Br)c(N3CCN(S(=O)(=O)c4c(Cl)cccc4Cl)CC3)ccc2o1. The fourth-order valence-electron chi connectivity index (χ4n) is 3.93. The van der Waals surface area contributed by atoms with Gasteiger partial charge in [0, 0.05) is 44.7 Å². The molecule has 1 aliphatic heterocycles. The van der Waals surface area contributed by atoms with Gasteiger partial charge >= 0.3 is 0 Å². The number of anilines is 1. The number of hydrogen-bond donors (Lipinski definition) is 1. The van der Waals surface area contributed by atoms with Crippen molar-refractivity contribution in [3.8, 4) is 0 Å². The van der Waals surface area contributed by atoms with Crippen molar-refractivity contribution >= 4 is 71.7 Å². The molecule has 0 radical (unpaired) electrons. The Morgan fingerprint density at radius 1 is 1.11 bits per heavy atom. The number of nitrogens with zero attached hydrogens (tertiary/aromatic N) is 3. The number of nitrogens with one attached hydrogen (secondary N) is 1. The summed E-state index contributed by atoms with van der Waals surface area (Å²) < 4.78 is 34.3. The maximum absolute atomic E-state index is 13.2. The average molecular weight is 604 g/mol. The first-order valence-corrected chi connectivity index (χ1v) is 13.9. The molecule has 3 aromatic rings. The average Bonchev–Trinajstić information content (AvgIpc) is 3.24. The quantitative estimate of drug-likeness (QED) is 0.433. The fourth-order valence-corrected chi connectivity index (χ4v) is 7.14. The second-order valence-corrected chi connectivity index (χ2v) is 11.9. The van der Waals surface area contributed by atoms with Crippen LogP contribution in [0.2, 0.25) is 10.0 Å². The van der Waals surface area contributed by atoms with E-state index in [-0.39, 0.29) is 39.7 Å². The topological polar surface area (TPSA) is 86.1 Å². The zero-order valence-electron chi connectivity index (χ0n) is 19.2. The van der Waals surface area contributed by atoms with Crippen LogP contribution in [0.5, 0.6) is 0 Å². The standard InChI is InChI=1S/C23H25BrCl2N4O4S/c1-28(2)9-8-27-23(31)20-14-15-19(34-20)7-6-18(21(15)24)29-10-12-30(13-11-29)35(32,33)22-16(25)4-3-5-17(22)26/h3-7,14H,8-13H2,1-2H3,(H,27,31). The zero-order valence-corrected chi connectivity index (χ0v) is 23.1. The van der Waals surface area contributed by atoms with Gasteiger partial charge in [0.25, 0.3) is 5.91 Å². The number of halogens is 3. The first kappa shape index (κ1) is 26.2. The molecule has 1 fully saturated rings. The summed E-state index contributed by atoms with van der Waals surface area (Å²) in [6.07, 6.45) is 0. The van der Waals surface area contributed by atoms with Crippen LogP contribution in [0.4, 0.5) is 5.69 Å². The summed E-state index contributed by atoms with van der Waals surface area (Å²) >= 11 is 16.0. The van der Waals surface area contributed by atoms with Gasteiger partial charge in [-0.3, -0.25) is 4.79 Å². The van der Waals surface area contributed by atoms with Gasteiger partial charge in [-0.1, -0.05) is 29.3 Å². The minimum Gasteiger partial charge on any atom is -0.451 e. The van der Waals surface area contributed by atoms with Crippen LogP contribution in [0.1, 0.15) is 10.6 Å². The van der Waals surface area contributed by atoms with Gasteiger partial charge in [-0.15, -0.1) is 0 Å². The molecule has 0 aliphatic carbocycles. The number of fused-ring (bicyclic) bond motifs is 1. The summed E-state index contributed by atoms with van der Waals surface area (Å²) in [5.74, 6) is -0.0299. The molecule has 1 saturated heterocycles. The largest absolute Gasteiger partial charge is 0.451 e. The lowest BCUT2D eigenvalue weighted by atomic mass is 10.2. The van der Waals surface area contributed by atoms with Crippen LogP contribution in [0.3, 0.4) is 0 Å². The summed E-state index contributed by atoms with van der Waals surface area (Å²) in [6.45, 7) is 2.74. The highest BCUT2D eigenvalue weighted by Gasteiger charge is 2.32. The van der Waals surface area contributed by atoms with Gasteiger partial charge in [-0.25, -0.2) is 8.42 Å². The van der Waals surface area contributed by atoms with Gasteiger partial charge in [-0.05, 0) is 60.4 Å². The van der Waals surface area contributed by atoms with E-state index in [0.717, 1.165) is 22.1 Å². The van der Waals surface area contributed by atoms with E-state index in [4.69, 9.17) is 27.6 Å². The van der Waals surface area contributed by atoms with E-state index in [1.54, 1.807) is 12.1 Å². The van der Waals surface area contributed by atoms with E-state index in [1.165, 1.54) is 16.4 Å². The summed E-state index contributed by atoms with van der Waals surface area (Å²) in [7, 11) is 0.0508. The molecular weight excluding hydrogens is 579 g/mol. The number of carbonyl (C=O) groups excluding carboxylic acids is 1. The Hall–Kier alpha value is -1.82. The van der Waals surface area contributed by atoms with Crippen molar-refractivity contribution in [2.24, 2.45) is 0 Å². The second kappa shape index (κ2) is 10.7. The van der Waals surface area contributed by atoms with Crippen molar-refractivity contribution in [2.75, 3.05) is 58.3 Å². The number of likely N-dealkylation sites (N-methyl/N-ethyl adjacent to an activating group) is 1. The highest BCUT2D eigenvalue weighted by atomic mass is 79.9. The van der Waals surface area contributed by atoms with Crippen LogP contribution in [0.25, 0.3) is 11.0 Å². The molecule has 1 aliphatic rings. The van der Waals surface area contributed by atoms with Crippen molar-refractivity contribution in [2.45, 2.75) is 4.90 Å². The second-order valence-electron chi connectivity index (χ2n) is 8.42. The molecule has 1 N–H and O–H groups in total. The molecule has 0 atom stereocenters. The van der Waals surface area contributed by atoms with Crippen molar-refractivity contribution in [1.82, 2.24) is 14.5 Å². The summed E-state index contributed by atoms with van der Waals surface area (Å²) in [5.41, 5.74) is 1.48. The molecule has 0 unspecified atom stereocenters. The Morgan fingerprint density at radius 3 is 2.40 bits per heavy atom. The van der Waals surface area contributed by atoms with Crippen LogP contribution < -0.4 is 10.2 Å². The minimum absolute atomic E-state index is 0.0610. The van der Waals surface area contributed by atoms with Gasteiger partial charge in [0.2, 0.25) is 10.0 Å². The smallest absolute Gasteiger partial charge is 0.287 e. The molecule has 12 heteroatoms. The minimum atomic E-state index is -3.82. The van der Waals surface area contributed by atoms with Crippen molar-refractivity contribution in [3.63, 3.8) is 0 Å². The number of rotatable bonds is 7. The fraction of sp³-hybridized carbons (Fsp3) is 0.348. The monoisotopic (exact) mass is 602 g/mol. The third-order valence-corrected chi connectivity index (χ3v) is 9.47. The molecule has 0 saturated carbocycles. The number of amides is 1. The molecule has 2 aromatic carbocycles. The van der Waals surface area contributed by atoms with Gasteiger partial charge in [0.1, 0.15) is 10.5 Å². The molecule has 0 bridgehead atoms. The number of sulfonamides is 1. The lowest BCUT2D eigenvalue weighted by Crippen LogP contribution is -2.48. The molecule has 35 heavy (non-hydrogen) atoms. The Kier molecular flexibility index (Phi) is 7.99. The van der Waals surface area contributed by atoms with Crippen molar-refractivity contribution in [1.29, 1.82) is 0 Å². The molecule has 1 amide bonds. The van der Waals surface area contributed by atoms with Gasteiger partial charge < -0.3 is 19.5 Å². The normalized spacial score (nSPS) is 15.2. The molecule has 0 spiro atoms.